The molecule has 0 amide bonds. The third-order valence-electron chi connectivity index (χ3n) is 3.06. The summed E-state index contributed by atoms with van der Waals surface area (Å²) < 4.78 is 31.6. The van der Waals surface area contributed by atoms with E-state index in [1.807, 2.05) is 0 Å². The van der Waals surface area contributed by atoms with Crippen molar-refractivity contribution in [3.8, 4) is 0 Å². The average molecular weight is 223 g/mol. The summed E-state index contributed by atoms with van der Waals surface area (Å²) in [6, 6.07) is 4.09. The highest BCUT2D eigenvalue weighted by atomic mass is 19.2. The van der Waals surface area contributed by atoms with Crippen LogP contribution in [0.3, 0.4) is 0 Å². The van der Waals surface area contributed by atoms with E-state index in [1.54, 1.807) is 6.07 Å². The lowest BCUT2D eigenvalue weighted by Gasteiger charge is -2.04. The maximum Gasteiger partial charge on any atom is 0.201 e. The van der Waals surface area contributed by atoms with Crippen LogP contribution < -0.4 is 5.73 Å². The highest BCUT2D eigenvalue weighted by molar-refractivity contribution is 5.78. The number of nitrogens with two attached hydrogens (primary N) is 1. The Morgan fingerprint density at radius 3 is 2.75 bits per heavy atom. The second-order valence-corrected chi connectivity index (χ2v) is 4.29. The molecule has 3 rings (SSSR count). The maximum absolute atomic E-state index is 13.4. The Kier molecular flexibility index (Phi) is 2.01. The van der Waals surface area contributed by atoms with Crippen LogP contribution in [0.5, 0.6) is 0 Å². The van der Waals surface area contributed by atoms with Gasteiger partial charge >= 0.3 is 0 Å². The molecule has 2 N–H and O–H groups in total. The number of fused-ring (bicyclic) bond motifs is 1. The monoisotopic (exact) mass is 223 g/mol. The van der Waals surface area contributed by atoms with E-state index >= 15 is 0 Å². The Hall–Kier alpha value is -1.42. The molecule has 0 aliphatic heterocycles. The maximum atomic E-state index is 13.4. The quantitative estimate of drug-likeness (QED) is 0.849. The second-order valence-electron chi connectivity index (χ2n) is 4.29. The van der Waals surface area contributed by atoms with Gasteiger partial charge in [0, 0.05) is 5.39 Å². The first-order chi connectivity index (χ1) is 7.66. The first-order valence-electron chi connectivity index (χ1n) is 5.30. The van der Waals surface area contributed by atoms with Crippen molar-refractivity contribution in [2.24, 2.45) is 11.7 Å². The van der Waals surface area contributed by atoms with E-state index < -0.39 is 11.6 Å². The lowest BCUT2D eigenvalue weighted by Crippen LogP contribution is -2.10. The van der Waals surface area contributed by atoms with Crippen LogP contribution >= 0.6 is 0 Å². The van der Waals surface area contributed by atoms with Gasteiger partial charge in [-0.05, 0) is 37.0 Å². The number of hydrogen-bond donors (Lipinski definition) is 1. The van der Waals surface area contributed by atoms with Gasteiger partial charge in [0.2, 0.25) is 5.82 Å². The van der Waals surface area contributed by atoms with Crippen LogP contribution in [0.4, 0.5) is 8.78 Å². The SMILES string of the molecule is NC(c1cc2ccc(F)c(F)c2o1)C1CC1. The molecule has 1 unspecified atom stereocenters. The molecule has 2 nitrogen and oxygen atoms in total. The van der Waals surface area contributed by atoms with Gasteiger partial charge in [-0.1, -0.05) is 0 Å². The molecule has 1 heterocycles. The zero-order valence-corrected chi connectivity index (χ0v) is 8.54. The Morgan fingerprint density at radius 1 is 1.31 bits per heavy atom. The minimum Gasteiger partial charge on any atom is -0.456 e. The van der Waals surface area contributed by atoms with Gasteiger partial charge in [-0.15, -0.1) is 0 Å². The predicted octanol–water partition coefficient (Wildman–Crippen LogP) is 3.12. The summed E-state index contributed by atoms with van der Waals surface area (Å²) >= 11 is 0. The minimum absolute atomic E-state index is 0.0360. The van der Waals surface area contributed by atoms with E-state index in [4.69, 9.17) is 10.2 Å². The van der Waals surface area contributed by atoms with Gasteiger partial charge in [-0.25, -0.2) is 4.39 Å². The normalized spacial score (nSPS) is 17.9. The van der Waals surface area contributed by atoms with Gasteiger partial charge in [-0.3, -0.25) is 0 Å². The third kappa shape index (κ3) is 1.41. The summed E-state index contributed by atoms with van der Waals surface area (Å²) in [5.41, 5.74) is 5.91. The van der Waals surface area contributed by atoms with E-state index in [9.17, 15) is 8.78 Å². The van der Waals surface area contributed by atoms with Crippen LogP contribution in [0, 0.1) is 17.6 Å². The molecule has 1 aliphatic rings. The lowest BCUT2D eigenvalue weighted by atomic mass is 10.1. The fourth-order valence-electron chi connectivity index (χ4n) is 1.92. The van der Waals surface area contributed by atoms with Crippen molar-refractivity contribution in [2.75, 3.05) is 0 Å². The Morgan fingerprint density at radius 2 is 2.06 bits per heavy atom. The van der Waals surface area contributed by atoms with Crippen molar-refractivity contribution in [1.29, 1.82) is 0 Å². The van der Waals surface area contributed by atoms with Crippen LogP contribution in [0.25, 0.3) is 11.0 Å². The minimum atomic E-state index is -0.938. The van der Waals surface area contributed by atoms with Crippen LogP contribution in [-0.2, 0) is 0 Å². The topological polar surface area (TPSA) is 39.2 Å². The van der Waals surface area contributed by atoms with E-state index in [1.165, 1.54) is 6.07 Å². The fourth-order valence-corrected chi connectivity index (χ4v) is 1.92. The molecule has 16 heavy (non-hydrogen) atoms. The standard InChI is InChI=1S/C12H11F2NO/c13-8-4-3-7-5-9(11(15)6-1-2-6)16-12(7)10(8)14/h3-6,11H,1-2,15H2. The molecular weight excluding hydrogens is 212 g/mol. The lowest BCUT2D eigenvalue weighted by molar-refractivity contribution is 0.443. The number of hydrogen-bond acceptors (Lipinski definition) is 2. The number of furan rings is 1. The summed E-state index contributed by atoms with van der Waals surface area (Å²) in [6.45, 7) is 0. The summed E-state index contributed by atoms with van der Waals surface area (Å²) in [6.07, 6.45) is 2.16. The number of rotatable bonds is 2. The van der Waals surface area contributed by atoms with Gasteiger partial charge in [0.15, 0.2) is 11.4 Å². The van der Waals surface area contributed by atoms with E-state index in [-0.39, 0.29) is 11.6 Å². The predicted molar refractivity (Wildman–Crippen MR) is 55.8 cm³/mol. The molecule has 1 aromatic heterocycles. The fraction of sp³-hybridized carbons (Fsp3) is 0.333. The highest BCUT2D eigenvalue weighted by Crippen LogP contribution is 2.41. The molecule has 1 saturated carbocycles. The van der Waals surface area contributed by atoms with Gasteiger partial charge < -0.3 is 10.2 Å². The Bertz CT molecular complexity index is 545. The zero-order valence-electron chi connectivity index (χ0n) is 8.54. The first-order valence-corrected chi connectivity index (χ1v) is 5.30. The number of halogens is 2. The van der Waals surface area contributed by atoms with Crippen molar-refractivity contribution < 1.29 is 13.2 Å². The largest absolute Gasteiger partial charge is 0.456 e. The van der Waals surface area contributed by atoms with Crippen molar-refractivity contribution in [3.05, 3.63) is 35.6 Å². The molecular formula is C12H11F2NO. The molecule has 84 valence electrons. The summed E-state index contributed by atoms with van der Waals surface area (Å²) in [5.74, 6) is -0.865. The van der Waals surface area contributed by atoms with Crippen molar-refractivity contribution in [3.63, 3.8) is 0 Å². The van der Waals surface area contributed by atoms with Crippen molar-refractivity contribution >= 4 is 11.0 Å². The molecule has 0 saturated heterocycles. The molecule has 0 radical (unpaired) electrons. The molecule has 1 aliphatic carbocycles. The summed E-state index contributed by atoms with van der Waals surface area (Å²) in [5, 5.41) is 0.560. The molecule has 0 bridgehead atoms. The third-order valence-corrected chi connectivity index (χ3v) is 3.06. The van der Waals surface area contributed by atoms with Crippen LogP contribution in [0.15, 0.2) is 22.6 Å². The molecule has 4 heteroatoms. The van der Waals surface area contributed by atoms with Gasteiger partial charge in [0.05, 0.1) is 6.04 Å². The van der Waals surface area contributed by atoms with Crippen molar-refractivity contribution in [2.45, 2.75) is 18.9 Å². The molecule has 0 spiro atoms. The Labute approximate surface area is 91.0 Å². The molecule has 1 fully saturated rings. The van der Waals surface area contributed by atoms with Crippen LogP contribution in [0.1, 0.15) is 24.6 Å². The smallest absolute Gasteiger partial charge is 0.201 e. The van der Waals surface area contributed by atoms with E-state index in [0.29, 0.717) is 17.1 Å². The van der Waals surface area contributed by atoms with Gasteiger partial charge in [-0.2, -0.15) is 4.39 Å². The second kappa shape index (κ2) is 3.28. The summed E-state index contributed by atoms with van der Waals surface area (Å²) in [4.78, 5) is 0. The van der Waals surface area contributed by atoms with Crippen molar-refractivity contribution in [1.82, 2.24) is 0 Å². The zero-order chi connectivity index (χ0) is 11.3. The average Bonchev–Trinajstić information content (AvgIpc) is 3.02. The Balaban J connectivity index is 2.11. The molecule has 1 aromatic carbocycles. The van der Waals surface area contributed by atoms with Crippen LogP contribution in [0.2, 0.25) is 0 Å². The van der Waals surface area contributed by atoms with E-state index in [0.717, 1.165) is 18.9 Å². The van der Waals surface area contributed by atoms with Gasteiger partial charge in [0.1, 0.15) is 5.76 Å². The highest BCUT2D eigenvalue weighted by Gasteiger charge is 2.32. The van der Waals surface area contributed by atoms with Crippen LogP contribution in [-0.4, -0.2) is 0 Å². The van der Waals surface area contributed by atoms with Gasteiger partial charge in [0.25, 0.3) is 0 Å². The number of benzene rings is 1. The first kappa shape index (κ1) is 9.78. The molecule has 2 aromatic rings. The summed E-state index contributed by atoms with van der Waals surface area (Å²) in [7, 11) is 0. The van der Waals surface area contributed by atoms with E-state index in [2.05, 4.69) is 0 Å². The molecule has 1 atom stereocenters.